The van der Waals surface area contributed by atoms with E-state index in [4.69, 9.17) is 11.6 Å². The lowest BCUT2D eigenvalue weighted by molar-refractivity contribution is 0.378. The number of alkyl halides is 1. The van der Waals surface area contributed by atoms with Crippen LogP contribution in [0.3, 0.4) is 0 Å². The highest BCUT2D eigenvalue weighted by molar-refractivity contribution is 6.17. The van der Waals surface area contributed by atoms with Crippen molar-refractivity contribution >= 4 is 17.4 Å². The van der Waals surface area contributed by atoms with Crippen LogP contribution in [0.15, 0.2) is 18.3 Å². The van der Waals surface area contributed by atoms with Crippen LogP contribution in [-0.4, -0.2) is 17.4 Å². The third-order valence-corrected chi connectivity index (χ3v) is 2.45. The fourth-order valence-electron chi connectivity index (χ4n) is 1.18. The van der Waals surface area contributed by atoms with E-state index >= 15 is 0 Å². The lowest BCUT2D eigenvalue weighted by atomic mass is 9.90. The summed E-state index contributed by atoms with van der Waals surface area (Å²) in [6.07, 6.45) is 2.45. The van der Waals surface area contributed by atoms with Crippen molar-refractivity contribution in [3.05, 3.63) is 24.1 Å². The molecule has 0 aliphatic carbocycles. The Morgan fingerprint density at radius 3 is 2.87 bits per heavy atom. The van der Waals surface area contributed by atoms with Crippen molar-refractivity contribution < 1.29 is 4.39 Å². The van der Waals surface area contributed by atoms with Crippen molar-refractivity contribution in [2.24, 2.45) is 5.41 Å². The molecule has 1 heterocycles. The van der Waals surface area contributed by atoms with Gasteiger partial charge in [-0.1, -0.05) is 13.8 Å². The van der Waals surface area contributed by atoms with E-state index in [-0.39, 0.29) is 11.2 Å². The normalized spacial score (nSPS) is 11.5. The van der Waals surface area contributed by atoms with Crippen LogP contribution in [0.1, 0.15) is 20.3 Å². The third-order valence-electron chi connectivity index (χ3n) is 2.26. The SMILES string of the molecule is CC(C)(CCCl)CNc1ncccc1F. The van der Waals surface area contributed by atoms with Gasteiger partial charge in [0, 0.05) is 18.6 Å². The molecule has 0 radical (unpaired) electrons. The van der Waals surface area contributed by atoms with Gasteiger partial charge in [0.15, 0.2) is 11.6 Å². The standard InChI is InChI=1S/C11H16ClFN2/c1-11(2,5-6-12)8-15-10-9(13)4-3-7-14-10/h3-4,7H,5-6,8H2,1-2H3,(H,14,15). The van der Waals surface area contributed by atoms with E-state index in [0.29, 0.717) is 18.2 Å². The first kappa shape index (κ1) is 12.2. The number of nitrogens with one attached hydrogen (secondary N) is 1. The van der Waals surface area contributed by atoms with Gasteiger partial charge >= 0.3 is 0 Å². The summed E-state index contributed by atoms with van der Waals surface area (Å²) in [7, 11) is 0. The van der Waals surface area contributed by atoms with Gasteiger partial charge in [0.1, 0.15) is 0 Å². The molecular weight excluding hydrogens is 215 g/mol. The molecule has 4 heteroatoms. The van der Waals surface area contributed by atoms with Crippen LogP contribution in [0.25, 0.3) is 0 Å². The number of anilines is 1. The van der Waals surface area contributed by atoms with Crippen molar-refractivity contribution in [1.82, 2.24) is 4.98 Å². The van der Waals surface area contributed by atoms with Crippen molar-refractivity contribution in [3.8, 4) is 0 Å². The summed E-state index contributed by atoms with van der Waals surface area (Å²) in [5.74, 6) is 0.596. The van der Waals surface area contributed by atoms with Crippen LogP contribution in [0, 0.1) is 11.2 Å². The molecule has 0 saturated heterocycles. The molecule has 84 valence electrons. The van der Waals surface area contributed by atoms with E-state index < -0.39 is 0 Å². The zero-order chi connectivity index (χ0) is 11.3. The number of hydrogen-bond acceptors (Lipinski definition) is 2. The molecule has 0 amide bonds. The highest BCUT2D eigenvalue weighted by Crippen LogP contribution is 2.21. The van der Waals surface area contributed by atoms with E-state index in [2.05, 4.69) is 24.1 Å². The Morgan fingerprint density at radius 1 is 1.53 bits per heavy atom. The molecule has 0 aliphatic heterocycles. The summed E-state index contributed by atoms with van der Waals surface area (Å²) in [6.45, 7) is 4.83. The lowest BCUT2D eigenvalue weighted by Gasteiger charge is -2.24. The number of pyridine rings is 1. The van der Waals surface area contributed by atoms with Crippen LogP contribution >= 0.6 is 11.6 Å². The Balaban J connectivity index is 2.53. The number of rotatable bonds is 5. The largest absolute Gasteiger partial charge is 0.367 e. The predicted octanol–water partition coefficient (Wildman–Crippen LogP) is 3.29. The molecule has 1 aromatic heterocycles. The minimum atomic E-state index is -0.320. The van der Waals surface area contributed by atoms with Crippen LogP contribution in [0.4, 0.5) is 10.2 Å². The molecule has 15 heavy (non-hydrogen) atoms. The van der Waals surface area contributed by atoms with Crippen molar-refractivity contribution in [1.29, 1.82) is 0 Å². The molecule has 0 saturated carbocycles. The van der Waals surface area contributed by atoms with E-state index in [1.807, 2.05) is 0 Å². The zero-order valence-electron chi connectivity index (χ0n) is 9.06. The van der Waals surface area contributed by atoms with E-state index in [0.717, 1.165) is 6.42 Å². The average molecular weight is 231 g/mol. The number of nitrogens with zero attached hydrogens (tertiary/aromatic N) is 1. The van der Waals surface area contributed by atoms with Gasteiger partial charge in [-0.05, 0) is 24.0 Å². The molecule has 2 nitrogen and oxygen atoms in total. The van der Waals surface area contributed by atoms with Crippen LogP contribution < -0.4 is 5.32 Å². The van der Waals surface area contributed by atoms with Crippen LogP contribution in [-0.2, 0) is 0 Å². The van der Waals surface area contributed by atoms with Gasteiger partial charge in [0.05, 0.1) is 0 Å². The zero-order valence-corrected chi connectivity index (χ0v) is 9.81. The minimum Gasteiger partial charge on any atom is -0.367 e. The highest BCUT2D eigenvalue weighted by atomic mass is 35.5. The molecule has 0 bridgehead atoms. The second kappa shape index (κ2) is 5.31. The monoisotopic (exact) mass is 230 g/mol. The fraction of sp³-hybridized carbons (Fsp3) is 0.545. The maximum atomic E-state index is 13.2. The maximum absolute atomic E-state index is 13.2. The summed E-state index contributed by atoms with van der Waals surface area (Å²) >= 11 is 5.68. The molecule has 0 aromatic carbocycles. The molecule has 1 aromatic rings. The van der Waals surface area contributed by atoms with Gasteiger partial charge in [0.2, 0.25) is 0 Å². The van der Waals surface area contributed by atoms with Crippen LogP contribution in [0.2, 0.25) is 0 Å². The second-order valence-electron chi connectivity index (χ2n) is 4.29. The first-order valence-corrected chi connectivity index (χ1v) is 5.49. The third kappa shape index (κ3) is 4.04. The van der Waals surface area contributed by atoms with Gasteiger partial charge < -0.3 is 5.32 Å². The van der Waals surface area contributed by atoms with Crippen molar-refractivity contribution in [2.75, 3.05) is 17.7 Å². The molecule has 0 spiro atoms. The Hall–Kier alpha value is -0.830. The van der Waals surface area contributed by atoms with Gasteiger partial charge in [0.25, 0.3) is 0 Å². The quantitative estimate of drug-likeness (QED) is 0.786. The van der Waals surface area contributed by atoms with E-state index in [1.165, 1.54) is 6.07 Å². The van der Waals surface area contributed by atoms with Crippen molar-refractivity contribution in [2.45, 2.75) is 20.3 Å². The lowest BCUT2D eigenvalue weighted by Crippen LogP contribution is -2.24. The molecular formula is C11H16ClFN2. The average Bonchev–Trinajstić information content (AvgIpc) is 2.16. The molecule has 1 N–H and O–H groups in total. The Bertz CT molecular complexity index is 315. The summed E-state index contributed by atoms with van der Waals surface area (Å²) in [5, 5.41) is 2.99. The van der Waals surface area contributed by atoms with Gasteiger partial charge in [-0.15, -0.1) is 11.6 Å². The molecule has 1 rings (SSSR count). The fourth-order valence-corrected chi connectivity index (χ4v) is 1.69. The van der Waals surface area contributed by atoms with Gasteiger partial charge in [-0.25, -0.2) is 9.37 Å². The maximum Gasteiger partial charge on any atom is 0.165 e. The number of hydrogen-bond donors (Lipinski definition) is 1. The molecule has 0 fully saturated rings. The predicted molar refractivity (Wildman–Crippen MR) is 61.8 cm³/mol. The summed E-state index contributed by atoms with van der Waals surface area (Å²) < 4.78 is 13.2. The molecule has 0 atom stereocenters. The van der Waals surface area contributed by atoms with E-state index in [1.54, 1.807) is 12.3 Å². The minimum absolute atomic E-state index is 0.0473. The second-order valence-corrected chi connectivity index (χ2v) is 4.67. The summed E-state index contributed by atoms with van der Waals surface area (Å²) in [4.78, 5) is 3.92. The van der Waals surface area contributed by atoms with Gasteiger partial charge in [-0.2, -0.15) is 0 Å². The topological polar surface area (TPSA) is 24.9 Å². The van der Waals surface area contributed by atoms with Gasteiger partial charge in [-0.3, -0.25) is 0 Å². The molecule has 0 aliphatic rings. The Kier molecular flexibility index (Phi) is 4.33. The smallest absolute Gasteiger partial charge is 0.165 e. The number of aromatic nitrogens is 1. The van der Waals surface area contributed by atoms with Crippen LogP contribution in [0.5, 0.6) is 0 Å². The summed E-state index contributed by atoms with van der Waals surface area (Å²) in [6, 6.07) is 2.97. The Labute approximate surface area is 94.9 Å². The molecule has 0 unspecified atom stereocenters. The highest BCUT2D eigenvalue weighted by Gasteiger charge is 2.17. The number of halogens is 2. The van der Waals surface area contributed by atoms with E-state index in [9.17, 15) is 4.39 Å². The Morgan fingerprint density at radius 2 is 2.27 bits per heavy atom. The first-order valence-electron chi connectivity index (χ1n) is 4.95. The first-order chi connectivity index (χ1) is 7.05. The summed E-state index contributed by atoms with van der Waals surface area (Å²) in [5.41, 5.74) is 0.0473. The van der Waals surface area contributed by atoms with Crippen molar-refractivity contribution in [3.63, 3.8) is 0 Å².